The molecule has 1 aliphatic heterocycles. The van der Waals surface area contributed by atoms with Crippen LogP contribution in [0.2, 0.25) is 0 Å². The lowest BCUT2D eigenvalue weighted by Gasteiger charge is -2.25. The average molecular weight is 260 g/mol. The van der Waals surface area contributed by atoms with Crippen molar-refractivity contribution in [3.8, 4) is 0 Å². The van der Waals surface area contributed by atoms with Gasteiger partial charge in [-0.2, -0.15) is 11.8 Å². The molecule has 0 bridgehead atoms. The van der Waals surface area contributed by atoms with Crippen LogP contribution in [0, 0.1) is 0 Å². The van der Waals surface area contributed by atoms with Crippen molar-refractivity contribution in [3.63, 3.8) is 0 Å². The molecule has 0 radical (unpaired) electrons. The zero-order chi connectivity index (χ0) is 12.7. The van der Waals surface area contributed by atoms with Gasteiger partial charge < -0.3 is 15.4 Å². The third-order valence-corrected chi connectivity index (χ3v) is 4.72. The molecule has 1 unspecified atom stereocenters. The Bertz CT molecular complexity index is 212. The second-order valence-electron chi connectivity index (χ2n) is 5.55. The lowest BCUT2D eigenvalue weighted by atomic mass is 10.1. The number of hydrogen-bond acceptors (Lipinski definition) is 4. The number of thioether (sulfide) groups is 1. The minimum atomic E-state index is 0.302. The van der Waals surface area contributed by atoms with E-state index < -0.39 is 0 Å². The summed E-state index contributed by atoms with van der Waals surface area (Å²) in [6.45, 7) is 8.94. The van der Waals surface area contributed by atoms with Crippen LogP contribution in [0.4, 0.5) is 0 Å². The van der Waals surface area contributed by atoms with Gasteiger partial charge in [-0.3, -0.25) is 0 Å². The van der Waals surface area contributed by atoms with Gasteiger partial charge in [-0.25, -0.2) is 0 Å². The maximum atomic E-state index is 6.16. The first kappa shape index (κ1) is 15.3. The molecule has 1 saturated heterocycles. The molecule has 1 fully saturated rings. The van der Waals surface area contributed by atoms with Gasteiger partial charge in [0, 0.05) is 43.3 Å². The number of nitrogens with zero attached hydrogens (tertiary/aromatic N) is 1. The molecular weight excluding hydrogens is 232 g/mol. The van der Waals surface area contributed by atoms with Gasteiger partial charge in [0.25, 0.3) is 0 Å². The normalized spacial score (nSPS) is 23.3. The van der Waals surface area contributed by atoms with Crippen LogP contribution in [-0.2, 0) is 4.74 Å². The molecule has 0 amide bonds. The number of hydrogen-bond donors (Lipinski definition) is 1. The Morgan fingerprint density at radius 3 is 2.88 bits per heavy atom. The van der Waals surface area contributed by atoms with E-state index >= 15 is 0 Å². The van der Waals surface area contributed by atoms with Gasteiger partial charge >= 0.3 is 0 Å². The van der Waals surface area contributed by atoms with E-state index in [1.165, 1.54) is 25.3 Å². The van der Waals surface area contributed by atoms with E-state index in [0.29, 0.717) is 10.8 Å². The van der Waals surface area contributed by atoms with Crippen LogP contribution in [0.3, 0.4) is 0 Å². The molecule has 102 valence electrons. The average Bonchev–Trinajstić information content (AvgIpc) is 2.41. The summed E-state index contributed by atoms with van der Waals surface area (Å²) < 4.78 is 5.50. The van der Waals surface area contributed by atoms with Gasteiger partial charge in [0.2, 0.25) is 0 Å². The molecule has 0 aromatic rings. The molecule has 2 N–H and O–H groups in total. The highest BCUT2D eigenvalue weighted by atomic mass is 32.2. The van der Waals surface area contributed by atoms with E-state index in [1.807, 2.05) is 0 Å². The molecule has 3 nitrogen and oxygen atoms in total. The van der Waals surface area contributed by atoms with Crippen molar-refractivity contribution in [3.05, 3.63) is 0 Å². The maximum Gasteiger partial charge on any atom is 0.0462 e. The quantitative estimate of drug-likeness (QED) is 0.741. The summed E-state index contributed by atoms with van der Waals surface area (Å²) in [4.78, 5) is 2.53. The molecule has 0 aromatic carbocycles. The highest BCUT2D eigenvalue weighted by Crippen LogP contribution is 2.30. The Hall–Kier alpha value is 0.230. The summed E-state index contributed by atoms with van der Waals surface area (Å²) in [5, 5.41) is 0. The Labute approximate surface area is 110 Å². The number of methoxy groups -OCH3 is 1. The summed E-state index contributed by atoms with van der Waals surface area (Å²) in [6, 6.07) is 0.302. The Morgan fingerprint density at radius 1 is 1.41 bits per heavy atom. The predicted molar refractivity (Wildman–Crippen MR) is 76.7 cm³/mol. The van der Waals surface area contributed by atoms with Crippen LogP contribution in [-0.4, -0.2) is 54.8 Å². The number of rotatable bonds is 6. The molecule has 17 heavy (non-hydrogen) atoms. The standard InChI is InChI=1S/C13H28N2OS/c1-13(2)6-7-15(8-10-17-13)11-12(14)5-4-9-16-3/h12H,4-11,14H2,1-3H3. The van der Waals surface area contributed by atoms with Crippen molar-refractivity contribution in [1.82, 2.24) is 4.90 Å². The first-order valence-corrected chi connectivity index (χ1v) is 7.63. The highest BCUT2D eigenvalue weighted by molar-refractivity contribution is 8.00. The topological polar surface area (TPSA) is 38.5 Å². The van der Waals surface area contributed by atoms with Crippen molar-refractivity contribution in [2.45, 2.75) is 43.9 Å². The van der Waals surface area contributed by atoms with Gasteiger partial charge in [-0.05, 0) is 25.8 Å². The molecule has 1 aliphatic rings. The van der Waals surface area contributed by atoms with Gasteiger partial charge in [0.15, 0.2) is 0 Å². The third-order valence-electron chi connectivity index (χ3n) is 3.35. The highest BCUT2D eigenvalue weighted by Gasteiger charge is 2.24. The third kappa shape index (κ3) is 6.65. The predicted octanol–water partition coefficient (Wildman–Crippen LogP) is 1.96. The molecule has 0 saturated carbocycles. The minimum Gasteiger partial charge on any atom is -0.385 e. The smallest absolute Gasteiger partial charge is 0.0462 e. The van der Waals surface area contributed by atoms with Crippen molar-refractivity contribution in [2.75, 3.05) is 39.1 Å². The molecule has 4 heteroatoms. The fourth-order valence-corrected chi connectivity index (χ4v) is 3.30. The largest absolute Gasteiger partial charge is 0.385 e. The zero-order valence-electron chi connectivity index (χ0n) is 11.6. The summed E-state index contributed by atoms with van der Waals surface area (Å²) in [5.74, 6) is 1.23. The minimum absolute atomic E-state index is 0.302. The molecule has 0 aromatic heterocycles. The second-order valence-corrected chi connectivity index (χ2v) is 7.36. The zero-order valence-corrected chi connectivity index (χ0v) is 12.4. The van der Waals surface area contributed by atoms with Crippen LogP contribution >= 0.6 is 11.8 Å². The van der Waals surface area contributed by atoms with E-state index in [4.69, 9.17) is 10.5 Å². The van der Waals surface area contributed by atoms with E-state index in [-0.39, 0.29) is 0 Å². The van der Waals surface area contributed by atoms with Gasteiger partial charge in [0.05, 0.1) is 0 Å². The van der Waals surface area contributed by atoms with Crippen LogP contribution in [0.25, 0.3) is 0 Å². The van der Waals surface area contributed by atoms with Gasteiger partial charge in [-0.15, -0.1) is 0 Å². The van der Waals surface area contributed by atoms with Crippen molar-refractivity contribution in [2.24, 2.45) is 5.73 Å². The Balaban J connectivity index is 2.22. The van der Waals surface area contributed by atoms with Crippen molar-refractivity contribution in [1.29, 1.82) is 0 Å². The number of nitrogens with two attached hydrogens (primary N) is 1. The SMILES string of the molecule is COCCCC(N)CN1CCSC(C)(C)CC1. The monoisotopic (exact) mass is 260 g/mol. The van der Waals surface area contributed by atoms with Crippen LogP contribution in [0.5, 0.6) is 0 Å². The van der Waals surface area contributed by atoms with E-state index in [0.717, 1.165) is 26.0 Å². The lowest BCUT2D eigenvalue weighted by Crippen LogP contribution is -2.39. The van der Waals surface area contributed by atoms with Crippen LogP contribution in [0.15, 0.2) is 0 Å². The summed E-state index contributed by atoms with van der Waals surface area (Å²) in [7, 11) is 1.75. The molecule has 0 aliphatic carbocycles. The van der Waals surface area contributed by atoms with Crippen molar-refractivity contribution < 1.29 is 4.74 Å². The molecular formula is C13H28N2OS. The lowest BCUT2D eigenvalue weighted by molar-refractivity contribution is 0.185. The fraction of sp³-hybridized carbons (Fsp3) is 1.00. The summed E-state index contributed by atoms with van der Waals surface area (Å²) in [5.41, 5.74) is 6.16. The molecule has 1 heterocycles. The molecule has 1 rings (SSSR count). The van der Waals surface area contributed by atoms with Crippen LogP contribution < -0.4 is 5.73 Å². The maximum absolute atomic E-state index is 6.16. The number of ether oxygens (including phenoxy) is 1. The first-order chi connectivity index (χ1) is 8.03. The van der Waals surface area contributed by atoms with E-state index in [1.54, 1.807) is 7.11 Å². The van der Waals surface area contributed by atoms with Crippen molar-refractivity contribution >= 4 is 11.8 Å². The molecule has 1 atom stereocenters. The first-order valence-electron chi connectivity index (χ1n) is 6.64. The van der Waals surface area contributed by atoms with Gasteiger partial charge in [0.1, 0.15) is 0 Å². The summed E-state index contributed by atoms with van der Waals surface area (Å²) in [6.07, 6.45) is 3.41. The van der Waals surface area contributed by atoms with E-state index in [2.05, 4.69) is 30.5 Å². The van der Waals surface area contributed by atoms with E-state index in [9.17, 15) is 0 Å². The Kier molecular flexibility index (Phi) is 6.85. The molecule has 0 spiro atoms. The van der Waals surface area contributed by atoms with Gasteiger partial charge in [-0.1, -0.05) is 13.8 Å². The van der Waals surface area contributed by atoms with Crippen LogP contribution in [0.1, 0.15) is 33.1 Å². The fourth-order valence-electron chi connectivity index (χ4n) is 2.16. The summed E-state index contributed by atoms with van der Waals surface area (Å²) >= 11 is 2.09. The second kappa shape index (κ2) is 7.62. The Morgan fingerprint density at radius 2 is 2.18 bits per heavy atom.